The van der Waals surface area contributed by atoms with E-state index in [4.69, 9.17) is 9.47 Å². The average molecular weight is 508 g/mol. The van der Waals surface area contributed by atoms with E-state index < -0.39 is 0 Å². The number of hydrogen-bond donors (Lipinski definition) is 0. The monoisotopic (exact) mass is 507 g/mol. The zero-order chi connectivity index (χ0) is 26.2. The smallest absolute Gasteiger partial charge is 0.249 e. The van der Waals surface area contributed by atoms with Crippen molar-refractivity contribution in [3.8, 4) is 5.75 Å². The Morgan fingerprint density at radius 1 is 0.946 bits per heavy atom. The van der Waals surface area contributed by atoms with E-state index in [1.165, 1.54) is 0 Å². The number of fused-ring (bicyclic) bond motifs is 3. The summed E-state index contributed by atoms with van der Waals surface area (Å²) in [6.45, 7) is 7.33. The fraction of sp³-hybridized carbons (Fsp3) is 0.533. The van der Waals surface area contributed by atoms with Gasteiger partial charge in [-0.2, -0.15) is 0 Å². The maximum Gasteiger partial charge on any atom is 0.249 e. The van der Waals surface area contributed by atoms with Gasteiger partial charge in [-0.05, 0) is 50.3 Å². The average Bonchev–Trinajstić information content (AvgIpc) is 2.91. The second-order valence-electron chi connectivity index (χ2n) is 10.00. The Morgan fingerprint density at radius 3 is 2.49 bits per heavy atom. The number of para-hydroxylation sites is 2. The van der Waals surface area contributed by atoms with Crippen LogP contribution in [0.4, 0.5) is 5.69 Å². The molecule has 0 radical (unpaired) electrons. The number of rotatable bonds is 7. The van der Waals surface area contributed by atoms with Crippen molar-refractivity contribution in [1.82, 2.24) is 9.80 Å². The number of carbonyl (C=O) groups is 2. The molecule has 0 spiro atoms. The summed E-state index contributed by atoms with van der Waals surface area (Å²) in [6.07, 6.45) is 4.20. The van der Waals surface area contributed by atoms with E-state index in [0.29, 0.717) is 32.7 Å². The molecule has 200 valence electrons. The molecule has 37 heavy (non-hydrogen) atoms. The Balaban J connectivity index is 1.76. The number of hydrogen-bond acceptors (Lipinski definition) is 5. The van der Waals surface area contributed by atoms with Gasteiger partial charge in [-0.3, -0.25) is 14.5 Å². The lowest BCUT2D eigenvalue weighted by Gasteiger charge is -2.44. The first-order valence-corrected chi connectivity index (χ1v) is 13.7. The molecule has 1 fully saturated rings. The minimum atomic E-state index is 0.0389. The molecular weight excluding hydrogens is 466 g/mol. The summed E-state index contributed by atoms with van der Waals surface area (Å²) >= 11 is 0. The van der Waals surface area contributed by atoms with Crippen LogP contribution >= 0.6 is 0 Å². The lowest BCUT2D eigenvalue weighted by atomic mass is 9.92. The Bertz CT molecular complexity index is 1060. The third-order valence-electron chi connectivity index (χ3n) is 7.52. The molecule has 0 saturated carbocycles. The van der Waals surface area contributed by atoms with E-state index in [9.17, 15) is 9.59 Å². The summed E-state index contributed by atoms with van der Waals surface area (Å²) in [5.74, 6) is 1.04. The second-order valence-corrected chi connectivity index (χ2v) is 10.00. The summed E-state index contributed by atoms with van der Waals surface area (Å²) in [6, 6.07) is 16.6. The van der Waals surface area contributed by atoms with Gasteiger partial charge in [-0.15, -0.1) is 0 Å². The van der Waals surface area contributed by atoms with E-state index in [1.807, 2.05) is 49.1 Å². The molecule has 2 aliphatic rings. The number of piperidine rings is 1. The van der Waals surface area contributed by atoms with Crippen molar-refractivity contribution >= 4 is 17.5 Å². The fourth-order valence-electron chi connectivity index (χ4n) is 5.89. The number of carbonyl (C=O) groups excluding carboxylic acids is 2. The number of nitrogens with zero attached hydrogens (tertiary/aromatic N) is 3. The molecular formula is C30H41N3O4. The highest BCUT2D eigenvalue weighted by Gasteiger charge is 2.36. The van der Waals surface area contributed by atoms with Crippen LogP contribution < -0.4 is 9.64 Å². The van der Waals surface area contributed by atoms with Gasteiger partial charge in [0.05, 0.1) is 6.61 Å². The summed E-state index contributed by atoms with van der Waals surface area (Å²) in [5.41, 5.74) is 3.23. The van der Waals surface area contributed by atoms with Crippen LogP contribution in [-0.2, 0) is 27.4 Å². The SMILES string of the molecule is CCOc1ccccc1CN1Cc2ccccc2N(C(=O)CC)CCC2CCCC(C1)N2C(=O)COC. The van der Waals surface area contributed by atoms with Crippen molar-refractivity contribution in [3.05, 3.63) is 59.7 Å². The second kappa shape index (κ2) is 13.1. The Kier molecular flexibility index (Phi) is 9.58. The maximum absolute atomic E-state index is 13.3. The van der Waals surface area contributed by atoms with Crippen LogP contribution in [0.15, 0.2) is 48.5 Å². The zero-order valence-corrected chi connectivity index (χ0v) is 22.5. The van der Waals surface area contributed by atoms with Gasteiger partial charge in [0.25, 0.3) is 0 Å². The first kappa shape index (κ1) is 27.1. The number of amides is 2. The number of ether oxygens (including phenoxy) is 2. The van der Waals surface area contributed by atoms with Crippen LogP contribution in [0.1, 0.15) is 57.1 Å². The van der Waals surface area contributed by atoms with Crippen molar-refractivity contribution in [3.63, 3.8) is 0 Å². The first-order valence-electron chi connectivity index (χ1n) is 13.7. The van der Waals surface area contributed by atoms with Crippen LogP contribution in [0.2, 0.25) is 0 Å². The van der Waals surface area contributed by atoms with Crippen LogP contribution in [0.3, 0.4) is 0 Å². The van der Waals surface area contributed by atoms with Crippen molar-refractivity contribution < 1.29 is 19.1 Å². The first-order chi connectivity index (χ1) is 18.0. The van der Waals surface area contributed by atoms with Gasteiger partial charge in [0.15, 0.2) is 0 Å². The standard InChI is InChI=1S/C30H41N3O4/c1-4-29(34)32-18-17-25-13-10-14-26(33(25)30(35)22-36-3)21-31(19-23-11-6-8-15-27(23)32)20-24-12-7-9-16-28(24)37-5-2/h6-9,11-12,15-16,25-26H,4-5,10,13-14,17-22H2,1-3H3. The summed E-state index contributed by atoms with van der Waals surface area (Å²) in [7, 11) is 1.58. The molecule has 2 heterocycles. The van der Waals surface area contributed by atoms with Gasteiger partial charge >= 0.3 is 0 Å². The molecule has 2 atom stereocenters. The van der Waals surface area contributed by atoms with Gasteiger partial charge in [-0.1, -0.05) is 43.3 Å². The Labute approximate surface area is 221 Å². The molecule has 2 unspecified atom stereocenters. The lowest BCUT2D eigenvalue weighted by molar-refractivity contribution is -0.143. The van der Waals surface area contributed by atoms with Gasteiger partial charge in [-0.25, -0.2) is 0 Å². The van der Waals surface area contributed by atoms with E-state index in [-0.39, 0.29) is 30.5 Å². The van der Waals surface area contributed by atoms with Gasteiger partial charge in [0.1, 0.15) is 12.4 Å². The summed E-state index contributed by atoms with van der Waals surface area (Å²) < 4.78 is 11.2. The van der Waals surface area contributed by atoms with Crippen LogP contribution in [0.25, 0.3) is 0 Å². The molecule has 2 aliphatic heterocycles. The summed E-state index contributed by atoms with van der Waals surface area (Å²) in [4.78, 5) is 32.9. The Morgan fingerprint density at radius 2 is 1.70 bits per heavy atom. The molecule has 0 aliphatic carbocycles. The fourth-order valence-corrected chi connectivity index (χ4v) is 5.89. The lowest BCUT2D eigenvalue weighted by Crippen LogP contribution is -2.55. The molecule has 1 saturated heterocycles. The normalized spacial score (nSPS) is 20.6. The van der Waals surface area contributed by atoms with E-state index in [2.05, 4.69) is 28.0 Å². The van der Waals surface area contributed by atoms with E-state index in [0.717, 1.165) is 54.8 Å². The molecule has 2 amide bonds. The highest BCUT2D eigenvalue weighted by molar-refractivity contribution is 5.94. The zero-order valence-electron chi connectivity index (χ0n) is 22.5. The van der Waals surface area contributed by atoms with Crippen LogP contribution in [0.5, 0.6) is 5.75 Å². The Hall–Kier alpha value is -2.90. The predicted molar refractivity (Wildman–Crippen MR) is 146 cm³/mol. The summed E-state index contributed by atoms with van der Waals surface area (Å²) in [5, 5.41) is 0. The highest BCUT2D eigenvalue weighted by Crippen LogP contribution is 2.32. The minimum Gasteiger partial charge on any atom is -0.494 e. The third kappa shape index (κ3) is 6.51. The largest absolute Gasteiger partial charge is 0.494 e. The quantitative estimate of drug-likeness (QED) is 0.547. The molecule has 2 bridgehead atoms. The van der Waals surface area contributed by atoms with Gasteiger partial charge < -0.3 is 19.3 Å². The van der Waals surface area contributed by atoms with Crippen molar-refractivity contribution in [2.24, 2.45) is 0 Å². The van der Waals surface area contributed by atoms with Crippen LogP contribution in [-0.4, -0.2) is 67.1 Å². The topological polar surface area (TPSA) is 62.3 Å². The minimum absolute atomic E-state index is 0.0389. The van der Waals surface area contributed by atoms with E-state index in [1.54, 1.807) is 7.11 Å². The molecule has 7 heteroatoms. The molecule has 4 rings (SSSR count). The van der Waals surface area contributed by atoms with E-state index >= 15 is 0 Å². The van der Waals surface area contributed by atoms with Crippen molar-refractivity contribution in [1.29, 1.82) is 0 Å². The van der Waals surface area contributed by atoms with Gasteiger partial charge in [0.2, 0.25) is 11.8 Å². The molecule has 0 N–H and O–H groups in total. The predicted octanol–water partition coefficient (Wildman–Crippen LogP) is 4.63. The highest BCUT2D eigenvalue weighted by atomic mass is 16.5. The molecule has 2 aromatic rings. The van der Waals surface area contributed by atoms with Gasteiger partial charge in [0, 0.05) is 63.0 Å². The number of benzene rings is 2. The third-order valence-corrected chi connectivity index (χ3v) is 7.52. The van der Waals surface area contributed by atoms with Crippen molar-refractivity contribution in [2.45, 2.75) is 71.1 Å². The molecule has 7 nitrogen and oxygen atoms in total. The number of methoxy groups -OCH3 is 1. The molecule has 2 aromatic carbocycles. The van der Waals surface area contributed by atoms with Crippen molar-refractivity contribution in [2.75, 3.05) is 38.3 Å². The molecule has 0 aromatic heterocycles. The maximum atomic E-state index is 13.3. The van der Waals surface area contributed by atoms with Crippen LogP contribution in [0, 0.1) is 0 Å². The number of anilines is 1.